The zero-order valence-corrected chi connectivity index (χ0v) is 10.0. The van der Waals surface area contributed by atoms with Crippen LogP contribution in [0.15, 0.2) is 35.2 Å². The average Bonchev–Trinajstić information content (AvgIpc) is 2.89. The van der Waals surface area contributed by atoms with Crippen LogP contribution in [0.2, 0.25) is 0 Å². The van der Waals surface area contributed by atoms with Crippen LogP contribution in [0.1, 0.15) is 23.7 Å². The topological polar surface area (TPSA) is 80.0 Å². The Morgan fingerprint density at radius 1 is 1.33 bits per heavy atom. The molecule has 2 heterocycles. The SMILES string of the molecule is CCCNc1ccc(C(=O)Nc2ccon2)cn1. The van der Waals surface area contributed by atoms with E-state index < -0.39 is 0 Å². The molecule has 0 atom stereocenters. The number of nitrogens with one attached hydrogen (secondary N) is 2. The molecule has 0 spiro atoms. The fraction of sp³-hybridized carbons (Fsp3) is 0.250. The highest BCUT2D eigenvalue weighted by Gasteiger charge is 2.07. The normalized spacial score (nSPS) is 10.1. The minimum atomic E-state index is -0.265. The van der Waals surface area contributed by atoms with Crippen molar-refractivity contribution in [2.75, 3.05) is 17.2 Å². The van der Waals surface area contributed by atoms with Gasteiger partial charge in [0.25, 0.3) is 5.91 Å². The molecule has 2 aromatic rings. The van der Waals surface area contributed by atoms with Crippen molar-refractivity contribution in [2.24, 2.45) is 0 Å². The molecular formula is C12H14N4O2. The quantitative estimate of drug-likeness (QED) is 0.844. The number of aromatic nitrogens is 2. The summed E-state index contributed by atoms with van der Waals surface area (Å²) in [6.45, 7) is 2.93. The molecule has 1 amide bonds. The molecule has 0 aromatic carbocycles. The fourth-order valence-corrected chi connectivity index (χ4v) is 1.35. The Bertz CT molecular complexity index is 493. The first-order valence-corrected chi connectivity index (χ1v) is 5.71. The molecule has 0 aliphatic carbocycles. The van der Waals surface area contributed by atoms with Crippen molar-refractivity contribution >= 4 is 17.5 Å². The van der Waals surface area contributed by atoms with E-state index in [0.717, 1.165) is 18.8 Å². The molecule has 0 unspecified atom stereocenters. The zero-order valence-electron chi connectivity index (χ0n) is 10.0. The van der Waals surface area contributed by atoms with Crippen LogP contribution in [0.4, 0.5) is 11.6 Å². The van der Waals surface area contributed by atoms with Crippen molar-refractivity contribution in [3.8, 4) is 0 Å². The first-order chi connectivity index (χ1) is 8.79. The summed E-state index contributed by atoms with van der Waals surface area (Å²) in [5.41, 5.74) is 0.472. The number of carbonyl (C=O) groups is 1. The third-order valence-electron chi connectivity index (χ3n) is 2.26. The van der Waals surface area contributed by atoms with Crippen LogP contribution in [0.25, 0.3) is 0 Å². The Labute approximate surface area is 104 Å². The van der Waals surface area contributed by atoms with Gasteiger partial charge in [-0.25, -0.2) is 4.98 Å². The summed E-state index contributed by atoms with van der Waals surface area (Å²) in [4.78, 5) is 15.9. The summed E-state index contributed by atoms with van der Waals surface area (Å²) < 4.78 is 4.62. The van der Waals surface area contributed by atoms with Crippen LogP contribution in [0, 0.1) is 0 Å². The van der Waals surface area contributed by atoms with E-state index in [2.05, 4.69) is 32.2 Å². The molecular weight excluding hydrogens is 232 g/mol. The summed E-state index contributed by atoms with van der Waals surface area (Å²) in [5, 5.41) is 9.33. The van der Waals surface area contributed by atoms with Crippen LogP contribution in [-0.2, 0) is 0 Å². The van der Waals surface area contributed by atoms with E-state index in [1.807, 2.05) is 0 Å². The number of anilines is 2. The maximum Gasteiger partial charge on any atom is 0.258 e. The fourth-order valence-electron chi connectivity index (χ4n) is 1.35. The molecule has 0 fully saturated rings. The monoisotopic (exact) mass is 246 g/mol. The molecule has 0 saturated heterocycles. The zero-order chi connectivity index (χ0) is 12.8. The first-order valence-electron chi connectivity index (χ1n) is 5.71. The van der Waals surface area contributed by atoms with Gasteiger partial charge in [-0.05, 0) is 18.6 Å². The van der Waals surface area contributed by atoms with E-state index in [-0.39, 0.29) is 5.91 Å². The van der Waals surface area contributed by atoms with E-state index in [1.165, 1.54) is 12.5 Å². The number of amides is 1. The molecule has 0 radical (unpaired) electrons. The van der Waals surface area contributed by atoms with Crippen molar-refractivity contribution in [1.82, 2.24) is 10.1 Å². The van der Waals surface area contributed by atoms with Crippen LogP contribution >= 0.6 is 0 Å². The molecule has 2 rings (SSSR count). The number of hydrogen-bond donors (Lipinski definition) is 2. The predicted octanol–water partition coefficient (Wildman–Crippen LogP) is 2.14. The Morgan fingerprint density at radius 3 is 2.83 bits per heavy atom. The third-order valence-corrected chi connectivity index (χ3v) is 2.26. The minimum Gasteiger partial charge on any atom is -0.370 e. The molecule has 0 aliphatic heterocycles. The third kappa shape index (κ3) is 3.07. The number of pyridine rings is 1. The van der Waals surface area contributed by atoms with Gasteiger partial charge < -0.3 is 15.2 Å². The van der Waals surface area contributed by atoms with Crippen molar-refractivity contribution in [2.45, 2.75) is 13.3 Å². The molecule has 2 N–H and O–H groups in total. The van der Waals surface area contributed by atoms with Crippen LogP contribution in [0.5, 0.6) is 0 Å². The average molecular weight is 246 g/mol. The maximum absolute atomic E-state index is 11.8. The highest BCUT2D eigenvalue weighted by atomic mass is 16.5. The number of hydrogen-bond acceptors (Lipinski definition) is 5. The lowest BCUT2D eigenvalue weighted by Crippen LogP contribution is -2.12. The largest absolute Gasteiger partial charge is 0.370 e. The number of nitrogens with zero attached hydrogens (tertiary/aromatic N) is 2. The molecule has 6 heteroatoms. The van der Waals surface area contributed by atoms with Gasteiger partial charge in [-0.3, -0.25) is 4.79 Å². The molecule has 18 heavy (non-hydrogen) atoms. The summed E-state index contributed by atoms with van der Waals surface area (Å²) in [6.07, 6.45) is 3.94. The van der Waals surface area contributed by atoms with Gasteiger partial charge in [0, 0.05) is 18.8 Å². The van der Waals surface area contributed by atoms with E-state index in [4.69, 9.17) is 0 Å². The second kappa shape index (κ2) is 5.81. The van der Waals surface area contributed by atoms with Crippen molar-refractivity contribution in [3.63, 3.8) is 0 Å². The lowest BCUT2D eigenvalue weighted by atomic mass is 10.2. The maximum atomic E-state index is 11.8. The van der Waals surface area contributed by atoms with Gasteiger partial charge in [0.05, 0.1) is 5.56 Å². The molecule has 0 aliphatic rings. The first kappa shape index (κ1) is 12.1. The molecule has 2 aromatic heterocycles. The Kier molecular flexibility index (Phi) is 3.90. The lowest BCUT2D eigenvalue weighted by Gasteiger charge is -2.04. The Morgan fingerprint density at radius 2 is 2.22 bits per heavy atom. The Balaban J connectivity index is 1.98. The molecule has 0 saturated carbocycles. The van der Waals surface area contributed by atoms with E-state index in [1.54, 1.807) is 18.2 Å². The van der Waals surface area contributed by atoms with Crippen LogP contribution < -0.4 is 10.6 Å². The lowest BCUT2D eigenvalue weighted by molar-refractivity contribution is 0.102. The highest BCUT2D eigenvalue weighted by Crippen LogP contribution is 2.08. The summed E-state index contributed by atoms with van der Waals surface area (Å²) in [5.74, 6) is 0.876. The van der Waals surface area contributed by atoms with Crippen molar-refractivity contribution in [3.05, 3.63) is 36.2 Å². The number of rotatable bonds is 5. The highest BCUT2D eigenvalue weighted by molar-refractivity contribution is 6.03. The Hall–Kier alpha value is -2.37. The van der Waals surface area contributed by atoms with E-state index >= 15 is 0 Å². The summed E-state index contributed by atoms with van der Waals surface area (Å²) >= 11 is 0. The summed E-state index contributed by atoms with van der Waals surface area (Å²) in [6, 6.07) is 5.05. The van der Waals surface area contributed by atoms with Gasteiger partial charge in [0.1, 0.15) is 12.1 Å². The molecule has 94 valence electrons. The van der Waals surface area contributed by atoms with Crippen molar-refractivity contribution < 1.29 is 9.32 Å². The molecule has 6 nitrogen and oxygen atoms in total. The van der Waals surface area contributed by atoms with Crippen LogP contribution in [-0.4, -0.2) is 22.6 Å². The van der Waals surface area contributed by atoms with E-state index in [0.29, 0.717) is 11.4 Å². The minimum absolute atomic E-state index is 0.265. The predicted molar refractivity (Wildman–Crippen MR) is 67.5 cm³/mol. The standard InChI is InChI=1S/C12H14N4O2/c1-2-6-13-10-4-3-9(8-14-10)12(17)15-11-5-7-18-16-11/h3-5,7-8H,2,6H2,1H3,(H,13,14)(H,15,16,17). The van der Waals surface area contributed by atoms with Gasteiger partial charge in [-0.2, -0.15) is 0 Å². The molecule has 0 bridgehead atoms. The van der Waals surface area contributed by atoms with Gasteiger partial charge in [-0.15, -0.1) is 0 Å². The number of carbonyl (C=O) groups excluding carboxylic acids is 1. The second-order valence-corrected chi connectivity index (χ2v) is 3.70. The van der Waals surface area contributed by atoms with Crippen LogP contribution in [0.3, 0.4) is 0 Å². The van der Waals surface area contributed by atoms with Crippen molar-refractivity contribution in [1.29, 1.82) is 0 Å². The van der Waals surface area contributed by atoms with Gasteiger partial charge in [0.2, 0.25) is 0 Å². The van der Waals surface area contributed by atoms with Gasteiger partial charge in [-0.1, -0.05) is 12.1 Å². The smallest absolute Gasteiger partial charge is 0.258 e. The van der Waals surface area contributed by atoms with Gasteiger partial charge >= 0.3 is 0 Å². The van der Waals surface area contributed by atoms with Gasteiger partial charge in [0.15, 0.2) is 5.82 Å². The second-order valence-electron chi connectivity index (χ2n) is 3.70. The van der Waals surface area contributed by atoms with E-state index in [9.17, 15) is 4.79 Å². The summed E-state index contributed by atoms with van der Waals surface area (Å²) in [7, 11) is 0.